The van der Waals surface area contributed by atoms with Gasteiger partial charge in [-0.3, -0.25) is 0 Å². The van der Waals surface area contributed by atoms with E-state index in [0.717, 1.165) is 38.2 Å². The van der Waals surface area contributed by atoms with Gasteiger partial charge in [0.25, 0.3) is 0 Å². The van der Waals surface area contributed by atoms with Crippen molar-refractivity contribution in [2.45, 2.75) is 52.2 Å². The number of hydrogen-bond acceptors (Lipinski definition) is 3. The number of methoxy groups -OCH3 is 1. The van der Waals surface area contributed by atoms with Gasteiger partial charge in [-0.05, 0) is 50.8 Å². The van der Waals surface area contributed by atoms with Gasteiger partial charge >= 0.3 is 0 Å². The van der Waals surface area contributed by atoms with E-state index in [4.69, 9.17) is 9.47 Å². The Labute approximate surface area is 122 Å². The van der Waals surface area contributed by atoms with Gasteiger partial charge < -0.3 is 14.8 Å². The summed E-state index contributed by atoms with van der Waals surface area (Å²) in [5.41, 5.74) is 3.73. The number of aryl methyl sites for hydroxylation is 1. The van der Waals surface area contributed by atoms with Crippen LogP contribution in [0.2, 0.25) is 0 Å². The van der Waals surface area contributed by atoms with Crippen LogP contribution in [0, 0.1) is 13.8 Å². The molecular weight excluding hydrogens is 250 g/mol. The Kier molecular flexibility index (Phi) is 5.44. The highest BCUT2D eigenvalue weighted by atomic mass is 16.5. The topological polar surface area (TPSA) is 30.5 Å². The predicted octanol–water partition coefficient (Wildman–Crippen LogP) is 3.53. The van der Waals surface area contributed by atoms with Gasteiger partial charge in [-0.1, -0.05) is 19.1 Å². The van der Waals surface area contributed by atoms with Crippen molar-refractivity contribution in [2.24, 2.45) is 0 Å². The van der Waals surface area contributed by atoms with Gasteiger partial charge in [0.1, 0.15) is 5.75 Å². The molecule has 1 aliphatic heterocycles. The maximum absolute atomic E-state index is 5.92. The molecule has 2 atom stereocenters. The Morgan fingerprint density at radius 1 is 1.40 bits per heavy atom. The van der Waals surface area contributed by atoms with Crippen LogP contribution in [0.15, 0.2) is 12.1 Å². The summed E-state index contributed by atoms with van der Waals surface area (Å²) in [6.45, 7) is 8.33. The summed E-state index contributed by atoms with van der Waals surface area (Å²) in [7, 11) is 1.76. The van der Waals surface area contributed by atoms with Gasteiger partial charge in [-0.25, -0.2) is 0 Å². The zero-order chi connectivity index (χ0) is 14.5. The molecule has 0 bridgehead atoms. The van der Waals surface area contributed by atoms with E-state index in [1.54, 1.807) is 7.11 Å². The highest BCUT2D eigenvalue weighted by molar-refractivity contribution is 5.47. The molecule has 0 spiro atoms. The number of nitrogens with one attached hydrogen (secondary N) is 1. The average Bonchev–Trinajstić information content (AvgIpc) is 2.97. The molecule has 1 heterocycles. The van der Waals surface area contributed by atoms with Gasteiger partial charge in [0, 0.05) is 12.2 Å². The van der Waals surface area contributed by atoms with Gasteiger partial charge in [0.2, 0.25) is 0 Å². The van der Waals surface area contributed by atoms with Crippen molar-refractivity contribution in [2.75, 3.05) is 20.3 Å². The zero-order valence-electron chi connectivity index (χ0n) is 13.2. The molecule has 1 aliphatic rings. The maximum atomic E-state index is 5.92. The third-order valence-corrected chi connectivity index (χ3v) is 4.20. The Balaban J connectivity index is 2.34. The van der Waals surface area contributed by atoms with Crippen LogP contribution in [0.1, 0.15) is 48.9 Å². The van der Waals surface area contributed by atoms with Crippen molar-refractivity contribution in [1.29, 1.82) is 0 Å². The molecule has 1 aromatic carbocycles. The average molecular weight is 277 g/mol. The van der Waals surface area contributed by atoms with Crippen molar-refractivity contribution in [3.63, 3.8) is 0 Å². The van der Waals surface area contributed by atoms with Crippen LogP contribution < -0.4 is 10.1 Å². The number of ether oxygens (including phenoxy) is 2. The Hall–Kier alpha value is -1.06. The van der Waals surface area contributed by atoms with Crippen molar-refractivity contribution < 1.29 is 9.47 Å². The number of benzene rings is 1. The lowest BCUT2D eigenvalue weighted by molar-refractivity contribution is 0.0774. The van der Waals surface area contributed by atoms with E-state index in [1.165, 1.54) is 16.7 Å². The second-order valence-corrected chi connectivity index (χ2v) is 5.61. The Morgan fingerprint density at radius 2 is 2.20 bits per heavy atom. The summed E-state index contributed by atoms with van der Waals surface area (Å²) in [5.74, 6) is 1.01. The van der Waals surface area contributed by atoms with Crippen LogP contribution in [0.25, 0.3) is 0 Å². The predicted molar refractivity (Wildman–Crippen MR) is 82.5 cm³/mol. The monoisotopic (exact) mass is 277 g/mol. The molecule has 112 valence electrons. The van der Waals surface area contributed by atoms with Crippen molar-refractivity contribution in [3.8, 4) is 5.75 Å². The minimum atomic E-state index is 0.228. The fourth-order valence-corrected chi connectivity index (χ4v) is 2.93. The van der Waals surface area contributed by atoms with E-state index in [2.05, 4.69) is 38.2 Å². The van der Waals surface area contributed by atoms with Crippen LogP contribution in [0.5, 0.6) is 5.75 Å². The lowest BCUT2D eigenvalue weighted by atomic mass is 9.94. The SMILES string of the molecule is CCCNC(c1ccc(C)c(C)c1OC)C1CCCO1. The van der Waals surface area contributed by atoms with Crippen molar-refractivity contribution in [3.05, 3.63) is 28.8 Å². The molecule has 1 N–H and O–H groups in total. The lowest BCUT2D eigenvalue weighted by Gasteiger charge is -2.27. The molecule has 0 saturated carbocycles. The molecule has 0 radical (unpaired) electrons. The standard InChI is InChI=1S/C17H27NO2/c1-5-10-18-16(15-7-6-11-20-15)14-9-8-12(2)13(3)17(14)19-4/h8-9,15-16,18H,5-7,10-11H2,1-4H3. The summed E-state index contributed by atoms with van der Waals surface area (Å²) < 4.78 is 11.6. The highest BCUT2D eigenvalue weighted by Crippen LogP contribution is 2.35. The second kappa shape index (κ2) is 7.09. The van der Waals surface area contributed by atoms with E-state index in [1.807, 2.05) is 0 Å². The molecule has 3 nitrogen and oxygen atoms in total. The molecule has 20 heavy (non-hydrogen) atoms. The maximum Gasteiger partial charge on any atom is 0.126 e. The fraction of sp³-hybridized carbons (Fsp3) is 0.647. The quantitative estimate of drug-likeness (QED) is 0.863. The van der Waals surface area contributed by atoms with Gasteiger partial charge in [-0.2, -0.15) is 0 Å². The van der Waals surface area contributed by atoms with Gasteiger partial charge in [-0.15, -0.1) is 0 Å². The molecule has 1 aromatic rings. The van der Waals surface area contributed by atoms with Crippen LogP contribution in [-0.2, 0) is 4.74 Å². The molecule has 3 heteroatoms. The second-order valence-electron chi connectivity index (χ2n) is 5.61. The Bertz CT molecular complexity index is 439. The molecule has 0 aliphatic carbocycles. The summed E-state index contributed by atoms with van der Waals surface area (Å²) in [6, 6.07) is 4.60. The summed E-state index contributed by atoms with van der Waals surface area (Å²) >= 11 is 0. The molecule has 0 amide bonds. The third kappa shape index (κ3) is 3.15. The Morgan fingerprint density at radius 3 is 2.80 bits per heavy atom. The van der Waals surface area contributed by atoms with E-state index < -0.39 is 0 Å². The zero-order valence-corrected chi connectivity index (χ0v) is 13.2. The minimum absolute atomic E-state index is 0.228. The summed E-state index contributed by atoms with van der Waals surface area (Å²) in [6.07, 6.45) is 3.66. The summed E-state index contributed by atoms with van der Waals surface area (Å²) in [4.78, 5) is 0. The molecule has 1 saturated heterocycles. The molecule has 0 aromatic heterocycles. The van der Waals surface area contributed by atoms with Gasteiger partial charge in [0.05, 0.1) is 19.3 Å². The van der Waals surface area contributed by atoms with Crippen LogP contribution >= 0.6 is 0 Å². The third-order valence-electron chi connectivity index (χ3n) is 4.20. The first-order valence-electron chi connectivity index (χ1n) is 7.68. The fourth-order valence-electron chi connectivity index (χ4n) is 2.93. The normalized spacial score (nSPS) is 20.1. The first kappa shape index (κ1) is 15.3. The lowest BCUT2D eigenvalue weighted by Crippen LogP contribution is -2.32. The molecular formula is C17H27NO2. The van der Waals surface area contributed by atoms with Crippen molar-refractivity contribution in [1.82, 2.24) is 5.32 Å². The number of rotatable bonds is 6. The largest absolute Gasteiger partial charge is 0.496 e. The van der Waals surface area contributed by atoms with E-state index in [0.29, 0.717) is 0 Å². The first-order valence-corrected chi connectivity index (χ1v) is 7.68. The van der Waals surface area contributed by atoms with Crippen LogP contribution in [0.3, 0.4) is 0 Å². The minimum Gasteiger partial charge on any atom is -0.496 e. The van der Waals surface area contributed by atoms with Crippen LogP contribution in [-0.4, -0.2) is 26.4 Å². The van der Waals surface area contributed by atoms with Crippen LogP contribution in [0.4, 0.5) is 0 Å². The van der Waals surface area contributed by atoms with E-state index >= 15 is 0 Å². The molecule has 2 rings (SSSR count). The molecule has 2 unspecified atom stereocenters. The highest BCUT2D eigenvalue weighted by Gasteiger charge is 2.29. The van der Waals surface area contributed by atoms with E-state index in [9.17, 15) is 0 Å². The summed E-state index contributed by atoms with van der Waals surface area (Å²) in [5, 5.41) is 3.64. The van der Waals surface area contributed by atoms with E-state index in [-0.39, 0.29) is 12.1 Å². The molecule has 1 fully saturated rings. The number of hydrogen-bond donors (Lipinski definition) is 1. The first-order chi connectivity index (χ1) is 9.69. The smallest absolute Gasteiger partial charge is 0.126 e. The van der Waals surface area contributed by atoms with Crippen molar-refractivity contribution >= 4 is 0 Å². The van der Waals surface area contributed by atoms with Gasteiger partial charge in [0.15, 0.2) is 0 Å².